The number of aliphatic hydroxyl groups excluding tert-OH is 1. The first-order valence-electron chi connectivity index (χ1n) is 13.3. The van der Waals surface area contributed by atoms with Crippen molar-refractivity contribution in [1.82, 2.24) is 0 Å². The molecule has 0 spiro atoms. The lowest BCUT2D eigenvalue weighted by molar-refractivity contribution is -0.206. The van der Waals surface area contributed by atoms with E-state index in [9.17, 15) is 23.4 Å². The topological polar surface area (TPSA) is 40.5 Å². The second kappa shape index (κ2) is 8.43. The summed E-state index contributed by atoms with van der Waals surface area (Å²) in [6.07, 6.45) is 4.76. The van der Waals surface area contributed by atoms with E-state index in [-0.39, 0.29) is 17.8 Å². The highest BCUT2D eigenvalue weighted by Crippen LogP contribution is 2.69. The van der Waals surface area contributed by atoms with Crippen LogP contribution in [0.1, 0.15) is 105 Å². The first kappa shape index (κ1) is 24.8. The van der Waals surface area contributed by atoms with Gasteiger partial charge in [-0.2, -0.15) is 13.2 Å². The van der Waals surface area contributed by atoms with Gasteiger partial charge < -0.3 is 10.2 Å². The van der Waals surface area contributed by atoms with E-state index in [0.717, 1.165) is 43.9 Å². The maximum atomic E-state index is 12.8. The SMILES string of the molecule is CC[C@]1(O)CC[C@]2(C)C3CC[C@@]4(C)C(CC[C@@H]4[C@H](C)CC[C@H](O)C(F)(F)F)C3CC[C@@H]2C1. The summed E-state index contributed by atoms with van der Waals surface area (Å²) in [5.41, 5.74) is 0.104. The first-order chi connectivity index (χ1) is 14.8. The molecule has 0 saturated heterocycles. The smallest absolute Gasteiger partial charge is 0.390 e. The van der Waals surface area contributed by atoms with Crippen LogP contribution in [0, 0.1) is 46.3 Å². The molecule has 4 aliphatic carbocycles. The Morgan fingerprint density at radius 3 is 2.25 bits per heavy atom. The normalized spacial score (nSPS) is 48.5. The third-order valence-electron chi connectivity index (χ3n) is 11.5. The van der Waals surface area contributed by atoms with Crippen molar-refractivity contribution < 1.29 is 23.4 Å². The third kappa shape index (κ3) is 4.06. The Balaban J connectivity index is 1.45. The monoisotopic (exact) mass is 458 g/mol. The van der Waals surface area contributed by atoms with Gasteiger partial charge in [0.15, 0.2) is 0 Å². The molecule has 0 aromatic carbocycles. The highest BCUT2D eigenvalue weighted by molar-refractivity contribution is 5.10. The fraction of sp³-hybridized carbons (Fsp3) is 1.00. The average molecular weight is 459 g/mol. The van der Waals surface area contributed by atoms with Crippen molar-refractivity contribution in [2.45, 2.75) is 123 Å². The Bertz CT molecular complexity index is 680. The molecule has 5 heteroatoms. The quantitative estimate of drug-likeness (QED) is 0.460. The number of fused-ring (bicyclic) bond motifs is 5. The van der Waals surface area contributed by atoms with Crippen LogP contribution < -0.4 is 0 Å². The maximum absolute atomic E-state index is 12.8. The number of hydrogen-bond acceptors (Lipinski definition) is 2. The van der Waals surface area contributed by atoms with Crippen molar-refractivity contribution in [1.29, 1.82) is 0 Å². The van der Waals surface area contributed by atoms with Crippen LogP contribution in [-0.4, -0.2) is 28.1 Å². The van der Waals surface area contributed by atoms with E-state index in [1.165, 1.54) is 32.1 Å². The van der Waals surface area contributed by atoms with Crippen LogP contribution in [0.4, 0.5) is 13.2 Å². The van der Waals surface area contributed by atoms with Crippen LogP contribution in [0.15, 0.2) is 0 Å². The van der Waals surface area contributed by atoms with Crippen molar-refractivity contribution in [2.24, 2.45) is 46.3 Å². The molecule has 4 rings (SSSR count). The zero-order valence-electron chi connectivity index (χ0n) is 20.6. The van der Waals surface area contributed by atoms with Gasteiger partial charge in [0.1, 0.15) is 6.10 Å². The minimum absolute atomic E-state index is 0.173. The van der Waals surface area contributed by atoms with Gasteiger partial charge in [0.25, 0.3) is 0 Å². The second-order valence-electron chi connectivity index (χ2n) is 12.8. The van der Waals surface area contributed by atoms with E-state index < -0.39 is 17.9 Å². The zero-order valence-corrected chi connectivity index (χ0v) is 20.6. The van der Waals surface area contributed by atoms with Gasteiger partial charge in [0, 0.05) is 0 Å². The average Bonchev–Trinajstić information content (AvgIpc) is 3.09. The molecule has 3 unspecified atom stereocenters. The molecule has 2 nitrogen and oxygen atoms in total. The minimum Gasteiger partial charge on any atom is -0.390 e. The van der Waals surface area contributed by atoms with Crippen LogP contribution >= 0.6 is 0 Å². The second-order valence-corrected chi connectivity index (χ2v) is 12.8. The summed E-state index contributed by atoms with van der Waals surface area (Å²) < 4.78 is 38.3. The van der Waals surface area contributed by atoms with Gasteiger partial charge in [-0.15, -0.1) is 0 Å². The first-order valence-corrected chi connectivity index (χ1v) is 13.3. The van der Waals surface area contributed by atoms with E-state index in [4.69, 9.17) is 0 Å². The van der Waals surface area contributed by atoms with Crippen molar-refractivity contribution >= 4 is 0 Å². The Morgan fingerprint density at radius 2 is 1.59 bits per heavy atom. The molecule has 0 aromatic rings. The van der Waals surface area contributed by atoms with Gasteiger partial charge in [-0.25, -0.2) is 0 Å². The number of aliphatic hydroxyl groups is 2. The Morgan fingerprint density at radius 1 is 0.906 bits per heavy atom. The molecular weight excluding hydrogens is 413 g/mol. The van der Waals surface area contributed by atoms with E-state index in [2.05, 4.69) is 27.7 Å². The number of rotatable bonds is 5. The van der Waals surface area contributed by atoms with Gasteiger partial charge in [-0.05, 0) is 123 Å². The summed E-state index contributed by atoms with van der Waals surface area (Å²) in [5.74, 6) is 3.48. The van der Waals surface area contributed by atoms with Gasteiger partial charge in [-0.1, -0.05) is 27.7 Å². The molecule has 0 radical (unpaired) electrons. The zero-order chi connectivity index (χ0) is 23.5. The molecule has 10 atom stereocenters. The predicted molar refractivity (Wildman–Crippen MR) is 121 cm³/mol. The molecule has 0 heterocycles. The number of hydrogen-bond donors (Lipinski definition) is 2. The van der Waals surface area contributed by atoms with Gasteiger partial charge in [-0.3, -0.25) is 0 Å². The lowest BCUT2D eigenvalue weighted by Crippen LogP contribution is -2.56. The van der Waals surface area contributed by atoms with Crippen LogP contribution in [0.25, 0.3) is 0 Å². The molecule has 2 N–H and O–H groups in total. The van der Waals surface area contributed by atoms with Gasteiger partial charge >= 0.3 is 6.18 Å². The molecule has 4 fully saturated rings. The largest absolute Gasteiger partial charge is 0.414 e. The summed E-state index contributed by atoms with van der Waals surface area (Å²) in [7, 11) is 0. The molecule has 32 heavy (non-hydrogen) atoms. The van der Waals surface area contributed by atoms with Crippen LogP contribution in [0.2, 0.25) is 0 Å². The summed E-state index contributed by atoms with van der Waals surface area (Å²) >= 11 is 0. The lowest BCUT2D eigenvalue weighted by atomic mass is 9.43. The lowest BCUT2D eigenvalue weighted by Gasteiger charge is -2.62. The molecule has 0 bridgehead atoms. The standard InChI is InChI=1S/C27H45F3O2/c1-5-26(32)15-14-24(3)18(16-26)7-8-19-21-10-9-20(25(21,4)13-12-22(19)24)17(2)6-11-23(31)27(28,29)30/h17-23,31-32H,5-16H2,1-4H3/t17-,18-,19?,20-,21?,22?,23+,24+,25-,26+/m1/s1. The summed E-state index contributed by atoms with van der Waals surface area (Å²) in [6, 6.07) is 0. The molecule has 4 saturated carbocycles. The van der Waals surface area contributed by atoms with Crippen molar-refractivity contribution in [3.05, 3.63) is 0 Å². The van der Waals surface area contributed by atoms with E-state index in [0.29, 0.717) is 29.6 Å². The van der Waals surface area contributed by atoms with Crippen molar-refractivity contribution in [2.75, 3.05) is 0 Å². The predicted octanol–water partition coefficient (Wildman–Crippen LogP) is 7.13. The van der Waals surface area contributed by atoms with E-state index >= 15 is 0 Å². The molecule has 186 valence electrons. The molecule has 4 aliphatic rings. The minimum atomic E-state index is -4.50. The van der Waals surface area contributed by atoms with Gasteiger partial charge in [0.05, 0.1) is 5.60 Å². The third-order valence-corrected chi connectivity index (χ3v) is 11.5. The fourth-order valence-corrected chi connectivity index (χ4v) is 9.40. The fourth-order valence-electron chi connectivity index (χ4n) is 9.40. The highest BCUT2D eigenvalue weighted by Gasteiger charge is 2.61. The van der Waals surface area contributed by atoms with Crippen LogP contribution in [-0.2, 0) is 0 Å². The van der Waals surface area contributed by atoms with Crippen LogP contribution in [0.3, 0.4) is 0 Å². The Kier molecular flexibility index (Phi) is 6.54. The van der Waals surface area contributed by atoms with Crippen molar-refractivity contribution in [3.8, 4) is 0 Å². The molecule has 0 amide bonds. The summed E-state index contributed by atoms with van der Waals surface area (Å²) in [4.78, 5) is 0. The molecular formula is C27H45F3O2. The number of halogens is 3. The maximum Gasteiger partial charge on any atom is 0.414 e. The van der Waals surface area contributed by atoms with E-state index in [1.54, 1.807) is 0 Å². The van der Waals surface area contributed by atoms with Crippen LogP contribution in [0.5, 0.6) is 0 Å². The Labute approximate surface area is 192 Å². The van der Waals surface area contributed by atoms with Crippen molar-refractivity contribution in [3.63, 3.8) is 0 Å². The molecule has 0 aliphatic heterocycles. The molecule has 0 aromatic heterocycles. The highest BCUT2D eigenvalue weighted by atomic mass is 19.4. The Hall–Kier alpha value is -0.290. The number of alkyl halides is 3. The summed E-state index contributed by atoms with van der Waals surface area (Å²) in [5, 5.41) is 20.4. The van der Waals surface area contributed by atoms with E-state index in [1.807, 2.05) is 0 Å². The summed E-state index contributed by atoms with van der Waals surface area (Å²) in [6.45, 7) is 9.19. The van der Waals surface area contributed by atoms with Gasteiger partial charge in [0.2, 0.25) is 0 Å².